The number of carboxylic acid groups (broad SMARTS) is 1. The second-order valence-electron chi connectivity index (χ2n) is 8.00. The quantitative estimate of drug-likeness (QED) is 0.514. The average molecular weight is 475 g/mol. The largest absolute Gasteiger partial charge is 1.00 e. The molecule has 0 saturated carbocycles. The van der Waals surface area contributed by atoms with Gasteiger partial charge in [0.05, 0.1) is 22.9 Å². The van der Waals surface area contributed by atoms with Gasteiger partial charge in [0.25, 0.3) is 0 Å². The molecule has 0 fully saturated rings. The summed E-state index contributed by atoms with van der Waals surface area (Å²) in [6.07, 6.45) is -2.87. The smallest absolute Gasteiger partial charge is 0.543 e. The molecule has 0 amide bonds. The van der Waals surface area contributed by atoms with Crippen LogP contribution in [0.25, 0.3) is 11.1 Å². The normalized spacial score (nSPS) is 13.5. The third kappa shape index (κ3) is 5.90. The number of allylic oxidation sites excluding steroid dienone is 2. The first kappa shape index (κ1) is 26.0. The number of benzene rings is 2. The fourth-order valence-corrected chi connectivity index (χ4v) is 4.02. The van der Waals surface area contributed by atoms with Gasteiger partial charge in [-0.15, -0.1) is 0 Å². The Bertz CT molecular complexity index is 1220. The fraction of sp³-hybridized carbons (Fsp3) is 0.231. The van der Waals surface area contributed by atoms with Crippen LogP contribution in [0.2, 0.25) is 0 Å². The minimum Gasteiger partial charge on any atom is -0.543 e. The summed E-state index contributed by atoms with van der Waals surface area (Å²) in [6.45, 7) is 2.27. The van der Waals surface area contributed by atoms with Gasteiger partial charge in [-0.2, -0.15) is 13.2 Å². The van der Waals surface area contributed by atoms with Crippen molar-refractivity contribution in [2.45, 2.75) is 39.0 Å². The molecular weight excluding hydrogens is 454 g/mol. The van der Waals surface area contributed by atoms with Crippen LogP contribution >= 0.6 is 0 Å². The third-order valence-electron chi connectivity index (χ3n) is 5.59. The summed E-state index contributed by atoms with van der Waals surface area (Å²) < 4.78 is 46.3. The second kappa shape index (κ2) is 10.8. The first-order valence-corrected chi connectivity index (χ1v) is 10.5. The molecule has 3 aromatic rings. The number of carbonyl (C=O) groups is 1. The van der Waals surface area contributed by atoms with Gasteiger partial charge < -0.3 is 14.6 Å². The van der Waals surface area contributed by atoms with Crippen LogP contribution in [-0.2, 0) is 12.8 Å². The number of rotatable bonds is 6. The number of nitrogens with zero attached hydrogens (tertiary/aromatic N) is 1. The van der Waals surface area contributed by atoms with Gasteiger partial charge in [0.2, 0.25) is 0 Å². The van der Waals surface area contributed by atoms with Crippen LogP contribution in [0.1, 0.15) is 57.7 Å². The van der Waals surface area contributed by atoms with Gasteiger partial charge in [-0.3, -0.25) is 0 Å². The monoisotopic (exact) mass is 475 g/mol. The van der Waals surface area contributed by atoms with E-state index in [1.165, 1.54) is 0 Å². The second-order valence-corrected chi connectivity index (χ2v) is 8.00. The Kier molecular flexibility index (Phi) is 8.23. The molecule has 0 atom stereocenters. The summed E-state index contributed by atoms with van der Waals surface area (Å²) in [7, 11) is 0. The third-order valence-corrected chi connectivity index (χ3v) is 5.59. The van der Waals surface area contributed by atoms with Crippen molar-refractivity contribution >= 4 is 17.1 Å². The molecular formula is C26H21F3NNaO3. The molecule has 8 heteroatoms. The Morgan fingerprint density at radius 3 is 2.41 bits per heavy atom. The van der Waals surface area contributed by atoms with Gasteiger partial charge in [-0.1, -0.05) is 42.0 Å². The molecule has 1 aliphatic carbocycles. The molecule has 1 heterocycles. The number of hydrogen-bond acceptors (Lipinski definition) is 4. The number of halogens is 3. The number of alkyl halides is 3. The number of pyridine rings is 1. The van der Waals surface area contributed by atoms with E-state index in [9.17, 15) is 23.1 Å². The molecule has 4 rings (SSSR count). The Hall–Kier alpha value is -2.61. The van der Waals surface area contributed by atoms with Crippen molar-refractivity contribution in [1.82, 2.24) is 4.98 Å². The average Bonchev–Trinajstić information content (AvgIpc) is 3.28. The summed E-state index contributed by atoms with van der Waals surface area (Å²) >= 11 is 0. The maximum atomic E-state index is 13.4. The number of carbonyl (C=O) groups excluding carboxylic acids is 1. The van der Waals surface area contributed by atoms with Gasteiger partial charge in [-0.25, -0.2) is 4.98 Å². The van der Waals surface area contributed by atoms with E-state index in [0.717, 1.165) is 34.8 Å². The zero-order valence-electron chi connectivity index (χ0n) is 18.9. The predicted molar refractivity (Wildman–Crippen MR) is 116 cm³/mol. The van der Waals surface area contributed by atoms with Crippen LogP contribution in [0.15, 0.2) is 60.7 Å². The maximum absolute atomic E-state index is 13.4. The van der Waals surface area contributed by atoms with Gasteiger partial charge in [0.15, 0.2) is 0 Å². The van der Waals surface area contributed by atoms with E-state index in [-0.39, 0.29) is 35.3 Å². The zero-order chi connectivity index (χ0) is 23.6. The number of aryl methyl sites for hydroxylation is 1. The Morgan fingerprint density at radius 2 is 1.74 bits per heavy atom. The zero-order valence-corrected chi connectivity index (χ0v) is 20.9. The van der Waals surface area contributed by atoms with Crippen molar-refractivity contribution < 1.29 is 57.4 Å². The van der Waals surface area contributed by atoms with E-state index in [2.05, 4.69) is 4.98 Å². The molecule has 0 N–H and O–H groups in total. The standard InChI is InChI=1S/C26H22F3NO3.Na/c1-16-10-11-24(33-15-17-6-3-2-4-7-17)21(12-16)19-8-5-9-20(19)22-13-18(26(27,28)29)14-23(30-22)25(31)32;/h2-4,6-7,10-14H,5,8-9,15H2,1H3,(H,31,32);/q;+1/p-1. The minimum atomic E-state index is -4.70. The summed E-state index contributed by atoms with van der Waals surface area (Å²) in [5.74, 6) is -1.13. The van der Waals surface area contributed by atoms with E-state index in [0.29, 0.717) is 36.8 Å². The Labute approximate surface area is 217 Å². The molecule has 0 aliphatic heterocycles. The summed E-state index contributed by atoms with van der Waals surface area (Å²) in [5, 5.41) is 11.3. The predicted octanol–water partition coefficient (Wildman–Crippen LogP) is 2.45. The number of aromatic carboxylic acids is 1. The fourth-order valence-electron chi connectivity index (χ4n) is 4.02. The summed E-state index contributed by atoms with van der Waals surface area (Å²) in [6, 6.07) is 16.8. The molecule has 0 bridgehead atoms. The summed E-state index contributed by atoms with van der Waals surface area (Å²) in [5.41, 5.74) is 2.38. The van der Waals surface area contributed by atoms with Crippen molar-refractivity contribution in [3.63, 3.8) is 0 Å². The van der Waals surface area contributed by atoms with Crippen molar-refractivity contribution in [2.24, 2.45) is 0 Å². The molecule has 0 unspecified atom stereocenters. The molecule has 1 aromatic heterocycles. The first-order valence-electron chi connectivity index (χ1n) is 10.5. The maximum Gasteiger partial charge on any atom is 1.00 e. The van der Waals surface area contributed by atoms with Crippen LogP contribution in [0.3, 0.4) is 0 Å². The van der Waals surface area contributed by atoms with Crippen LogP contribution in [0.4, 0.5) is 13.2 Å². The van der Waals surface area contributed by atoms with Crippen molar-refractivity contribution in [3.05, 3.63) is 94.3 Å². The van der Waals surface area contributed by atoms with E-state index in [1.54, 1.807) is 0 Å². The number of aromatic nitrogens is 1. The molecule has 2 aromatic carbocycles. The van der Waals surface area contributed by atoms with Crippen LogP contribution in [0.5, 0.6) is 5.75 Å². The van der Waals surface area contributed by atoms with E-state index >= 15 is 0 Å². The van der Waals surface area contributed by atoms with E-state index < -0.39 is 23.4 Å². The number of carboxylic acids is 1. The van der Waals surface area contributed by atoms with Gasteiger partial charge in [0, 0.05) is 5.56 Å². The van der Waals surface area contributed by atoms with Crippen LogP contribution in [0, 0.1) is 6.92 Å². The SMILES string of the molecule is Cc1ccc(OCc2ccccc2)c(C2=C(c3cc(C(F)(F)F)cc(C(=O)[O-])n3)CCC2)c1.[Na+]. The molecule has 1 aliphatic rings. The Balaban J connectivity index is 0.00000324. The first-order chi connectivity index (χ1) is 15.7. The topological polar surface area (TPSA) is 62.2 Å². The van der Waals surface area contributed by atoms with Gasteiger partial charge in [0.1, 0.15) is 12.4 Å². The minimum absolute atomic E-state index is 0. The van der Waals surface area contributed by atoms with E-state index in [4.69, 9.17) is 4.74 Å². The Morgan fingerprint density at radius 1 is 1.03 bits per heavy atom. The van der Waals surface area contributed by atoms with Gasteiger partial charge in [-0.05, 0) is 67.2 Å². The number of ether oxygens (including phenoxy) is 1. The number of hydrogen-bond donors (Lipinski definition) is 0. The van der Waals surface area contributed by atoms with Crippen molar-refractivity contribution in [1.29, 1.82) is 0 Å². The summed E-state index contributed by atoms with van der Waals surface area (Å²) in [4.78, 5) is 15.3. The van der Waals surface area contributed by atoms with Gasteiger partial charge >= 0.3 is 35.7 Å². The van der Waals surface area contributed by atoms with Crippen molar-refractivity contribution in [2.75, 3.05) is 0 Å². The van der Waals surface area contributed by atoms with Crippen LogP contribution < -0.4 is 39.4 Å². The molecule has 34 heavy (non-hydrogen) atoms. The van der Waals surface area contributed by atoms with Crippen LogP contribution in [-0.4, -0.2) is 11.0 Å². The van der Waals surface area contributed by atoms with E-state index in [1.807, 2.05) is 55.5 Å². The molecule has 170 valence electrons. The molecule has 0 radical (unpaired) electrons. The molecule has 0 saturated heterocycles. The van der Waals surface area contributed by atoms with Crippen molar-refractivity contribution in [3.8, 4) is 5.75 Å². The molecule has 4 nitrogen and oxygen atoms in total. The molecule has 0 spiro atoms.